The second-order valence-corrected chi connectivity index (χ2v) is 3.76. The number of carbonyl (C=O) groups excluding carboxylic acids is 2. The van der Waals surface area contributed by atoms with Crippen molar-refractivity contribution in [2.45, 2.75) is 40.7 Å². The molecule has 0 aromatic rings. The third-order valence-corrected chi connectivity index (χ3v) is 1.70. The number of carbonyl (C=O) groups is 2. The molecule has 0 aromatic heterocycles. The van der Waals surface area contributed by atoms with Gasteiger partial charge in [-0.25, -0.2) is 0 Å². The van der Waals surface area contributed by atoms with Gasteiger partial charge in [0.05, 0.1) is 6.10 Å². The van der Waals surface area contributed by atoms with E-state index in [-0.39, 0.29) is 17.8 Å². The van der Waals surface area contributed by atoms with Crippen LogP contribution >= 0.6 is 0 Å². The highest BCUT2D eigenvalue weighted by Gasteiger charge is 2.25. The van der Waals surface area contributed by atoms with Crippen molar-refractivity contribution in [3.63, 3.8) is 0 Å². The van der Waals surface area contributed by atoms with Gasteiger partial charge in [-0.3, -0.25) is 9.59 Å². The van der Waals surface area contributed by atoms with Gasteiger partial charge in [0.25, 0.3) is 0 Å². The molecule has 76 valence electrons. The normalized spacial score (nSPS) is 13.2. The van der Waals surface area contributed by atoms with Crippen LogP contribution in [0.15, 0.2) is 0 Å². The summed E-state index contributed by atoms with van der Waals surface area (Å²) in [5, 5.41) is 0. The van der Waals surface area contributed by atoms with Gasteiger partial charge in [-0.2, -0.15) is 0 Å². The van der Waals surface area contributed by atoms with Gasteiger partial charge in [0.2, 0.25) is 0 Å². The molecule has 0 fully saturated rings. The van der Waals surface area contributed by atoms with Crippen LogP contribution in [0.5, 0.6) is 0 Å². The molecule has 0 saturated carbocycles. The second-order valence-electron chi connectivity index (χ2n) is 3.76. The fourth-order valence-corrected chi connectivity index (χ4v) is 0.951. The Labute approximate surface area is 79.5 Å². The standard InChI is InChI=1S/C10H18O3/c1-6(2)9(11)8(5)10(12)13-7(3)4/h6-8H,1-5H3. The van der Waals surface area contributed by atoms with Gasteiger partial charge in [0.1, 0.15) is 11.7 Å². The molecule has 0 heterocycles. The first-order valence-corrected chi connectivity index (χ1v) is 4.60. The molecule has 3 heteroatoms. The predicted octanol–water partition coefficient (Wildman–Crippen LogP) is 1.80. The Morgan fingerprint density at radius 2 is 1.46 bits per heavy atom. The fraction of sp³-hybridized carbons (Fsp3) is 0.800. The molecule has 1 atom stereocenters. The fourth-order valence-electron chi connectivity index (χ4n) is 0.951. The number of hydrogen-bond acceptors (Lipinski definition) is 3. The van der Waals surface area contributed by atoms with Crippen LogP contribution in [0.2, 0.25) is 0 Å². The lowest BCUT2D eigenvalue weighted by Crippen LogP contribution is -2.28. The molecule has 0 aromatic carbocycles. The lowest BCUT2D eigenvalue weighted by molar-refractivity contribution is -0.155. The average Bonchev–Trinajstić information content (AvgIpc) is 2.00. The molecule has 0 amide bonds. The van der Waals surface area contributed by atoms with Crippen LogP contribution in [0.3, 0.4) is 0 Å². The monoisotopic (exact) mass is 186 g/mol. The Bertz CT molecular complexity index is 194. The number of ether oxygens (including phenoxy) is 1. The molecule has 13 heavy (non-hydrogen) atoms. The van der Waals surface area contributed by atoms with E-state index in [0.717, 1.165) is 0 Å². The average molecular weight is 186 g/mol. The van der Waals surface area contributed by atoms with Crippen LogP contribution in [-0.4, -0.2) is 17.9 Å². The summed E-state index contributed by atoms with van der Waals surface area (Å²) in [6.45, 7) is 8.69. The van der Waals surface area contributed by atoms with Gasteiger partial charge in [0.15, 0.2) is 0 Å². The predicted molar refractivity (Wildman–Crippen MR) is 50.2 cm³/mol. The highest BCUT2D eigenvalue weighted by Crippen LogP contribution is 2.09. The number of esters is 1. The summed E-state index contributed by atoms with van der Waals surface area (Å²) < 4.78 is 4.92. The highest BCUT2D eigenvalue weighted by molar-refractivity contribution is 5.99. The van der Waals surface area contributed by atoms with Crippen molar-refractivity contribution in [2.24, 2.45) is 11.8 Å². The van der Waals surface area contributed by atoms with Crippen molar-refractivity contribution in [3.05, 3.63) is 0 Å². The Morgan fingerprint density at radius 3 is 1.77 bits per heavy atom. The van der Waals surface area contributed by atoms with E-state index in [1.54, 1.807) is 34.6 Å². The summed E-state index contributed by atoms with van der Waals surface area (Å²) in [6, 6.07) is 0. The molecule has 0 saturated heterocycles. The SMILES string of the molecule is CC(C)OC(=O)C(C)C(=O)C(C)C. The topological polar surface area (TPSA) is 43.4 Å². The van der Waals surface area contributed by atoms with Crippen LogP contribution in [0, 0.1) is 11.8 Å². The van der Waals surface area contributed by atoms with Crippen LogP contribution < -0.4 is 0 Å². The lowest BCUT2D eigenvalue weighted by Gasteiger charge is -2.14. The van der Waals surface area contributed by atoms with E-state index >= 15 is 0 Å². The summed E-state index contributed by atoms with van der Waals surface area (Å²) in [6.07, 6.45) is -0.157. The van der Waals surface area contributed by atoms with Gasteiger partial charge < -0.3 is 4.74 Å². The van der Waals surface area contributed by atoms with Gasteiger partial charge in [0, 0.05) is 5.92 Å². The molecule has 0 rings (SSSR count). The minimum Gasteiger partial charge on any atom is -0.462 e. The first-order valence-electron chi connectivity index (χ1n) is 4.60. The van der Waals surface area contributed by atoms with E-state index < -0.39 is 11.9 Å². The molecule has 0 radical (unpaired) electrons. The Hall–Kier alpha value is -0.860. The minimum atomic E-state index is -0.637. The number of Topliss-reactive ketones (excluding diaryl/α,β-unsaturated/α-hetero) is 1. The van der Waals surface area contributed by atoms with E-state index in [4.69, 9.17) is 4.74 Å². The van der Waals surface area contributed by atoms with E-state index in [0.29, 0.717) is 0 Å². The molecule has 3 nitrogen and oxygen atoms in total. The zero-order chi connectivity index (χ0) is 10.6. The summed E-state index contributed by atoms with van der Waals surface area (Å²) in [7, 11) is 0. The maximum Gasteiger partial charge on any atom is 0.316 e. The molecule has 0 aliphatic heterocycles. The first kappa shape index (κ1) is 12.1. The molecule has 0 aliphatic rings. The summed E-state index contributed by atoms with van der Waals surface area (Å²) in [4.78, 5) is 22.6. The minimum absolute atomic E-state index is 0.0642. The van der Waals surface area contributed by atoms with E-state index in [1.165, 1.54) is 0 Å². The quantitative estimate of drug-likeness (QED) is 0.496. The number of rotatable bonds is 4. The largest absolute Gasteiger partial charge is 0.462 e. The summed E-state index contributed by atoms with van der Waals surface area (Å²) in [5.41, 5.74) is 0. The van der Waals surface area contributed by atoms with Crippen LogP contribution in [0.1, 0.15) is 34.6 Å². The first-order chi connectivity index (χ1) is 5.86. The summed E-state index contributed by atoms with van der Waals surface area (Å²) >= 11 is 0. The van der Waals surface area contributed by atoms with Crippen molar-refractivity contribution >= 4 is 11.8 Å². The van der Waals surface area contributed by atoms with Gasteiger partial charge in [-0.1, -0.05) is 13.8 Å². The van der Waals surface area contributed by atoms with E-state index in [9.17, 15) is 9.59 Å². The molecule has 0 bridgehead atoms. The van der Waals surface area contributed by atoms with Gasteiger partial charge in [-0.15, -0.1) is 0 Å². The van der Waals surface area contributed by atoms with Crippen molar-refractivity contribution in [2.75, 3.05) is 0 Å². The molecule has 0 spiro atoms. The second kappa shape index (κ2) is 5.00. The molecular formula is C10H18O3. The van der Waals surface area contributed by atoms with Crippen molar-refractivity contribution in [1.29, 1.82) is 0 Å². The Balaban J connectivity index is 4.18. The molecular weight excluding hydrogens is 168 g/mol. The lowest BCUT2D eigenvalue weighted by atomic mass is 9.97. The van der Waals surface area contributed by atoms with Gasteiger partial charge in [-0.05, 0) is 20.8 Å². The molecule has 0 aliphatic carbocycles. The zero-order valence-corrected chi connectivity index (χ0v) is 8.96. The Kier molecular flexibility index (Phi) is 4.67. The third-order valence-electron chi connectivity index (χ3n) is 1.70. The number of ketones is 1. The Morgan fingerprint density at radius 1 is 1.00 bits per heavy atom. The van der Waals surface area contributed by atoms with Crippen molar-refractivity contribution < 1.29 is 14.3 Å². The molecule has 1 unspecified atom stereocenters. The van der Waals surface area contributed by atoms with Crippen LogP contribution in [0.4, 0.5) is 0 Å². The number of hydrogen-bond donors (Lipinski definition) is 0. The smallest absolute Gasteiger partial charge is 0.316 e. The van der Waals surface area contributed by atoms with E-state index in [1.807, 2.05) is 0 Å². The van der Waals surface area contributed by atoms with Crippen LogP contribution in [-0.2, 0) is 14.3 Å². The van der Waals surface area contributed by atoms with Crippen LogP contribution in [0.25, 0.3) is 0 Å². The van der Waals surface area contributed by atoms with Gasteiger partial charge >= 0.3 is 5.97 Å². The summed E-state index contributed by atoms with van der Waals surface area (Å²) in [5.74, 6) is -1.24. The third kappa shape index (κ3) is 4.06. The van der Waals surface area contributed by atoms with E-state index in [2.05, 4.69) is 0 Å². The zero-order valence-electron chi connectivity index (χ0n) is 8.96. The maximum atomic E-state index is 11.4. The van der Waals surface area contributed by atoms with Crippen molar-refractivity contribution in [3.8, 4) is 0 Å². The van der Waals surface area contributed by atoms with Crippen molar-refractivity contribution in [1.82, 2.24) is 0 Å². The highest BCUT2D eigenvalue weighted by atomic mass is 16.5. The molecule has 0 N–H and O–H groups in total. The maximum absolute atomic E-state index is 11.4.